The maximum Gasteiger partial charge on any atom is 0.269 e. The Morgan fingerprint density at radius 2 is 1.92 bits per heavy atom. The summed E-state index contributed by atoms with van der Waals surface area (Å²) in [6, 6.07) is 7.47. The number of hydrogen-bond acceptors (Lipinski definition) is 5. The number of nitrogens with zero attached hydrogens (tertiary/aromatic N) is 4. The highest BCUT2D eigenvalue weighted by molar-refractivity contribution is 7.80. The van der Waals surface area contributed by atoms with Crippen LogP contribution in [0.2, 0.25) is 0 Å². The van der Waals surface area contributed by atoms with Gasteiger partial charge in [0.2, 0.25) is 0 Å². The fourth-order valence-corrected chi connectivity index (χ4v) is 2.20. The molecule has 1 aromatic heterocycles. The Morgan fingerprint density at radius 1 is 1.25 bits per heavy atom. The number of tetrazole rings is 1. The molecular formula is C16H22N6OS. The van der Waals surface area contributed by atoms with Crippen molar-refractivity contribution in [2.45, 2.75) is 46.1 Å². The molecule has 0 fully saturated rings. The number of thiocarbonyl (C=S) groups is 1. The molecule has 0 saturated carbocycles. The lowest BCUT2D eigenvalue weighted by atomic mass is 9.87. The van der Waals surface area contributed by atoms with Gasteiger partial charge in [-0.05, 0) is 47.0 Å². The second kappa shape index (κ2) is 7.48. The van der Waals surface area contributed by atoms with Gasteiger partial charge in [0, 0.05) is 5.56 Å². The van der Waals surface area contributed by atoms with E-state index < -0.39 is 0 Å². The number of rotatable bonds is 4. The zero-order valence-electron chi connectivity index (χ0n) is 14.3. The van der Waals surface area contributed by atoms with Gasteiger partial charge in [-0.3, -0.25) is 15.4 Å². The van der Waals surface area contributed by atoms with Crippen LogP contribution in [0.3, 0.4) is 0 Å². The Balaban J connectivity index is 1.94. The molecule has 0 bridgehead atoms. The van der Waals surface area contributed by atoms with E-state index in [-0.39, 0.29) is 22.4 Å². The minimum Gasteiger partial charge on any atom is -0.299 e. The predicted octanol–water partition coefficient (Wildman–Crippen LogP) is 2.51. The first-order chi connectivity index (χ1) is 11.3. The van der Waals surface area contributed by atoms with Crippen molar-refractivity contribution in [2.75, 3.05) is 5.32 Å². The monoisotopic (exact) mass is 346 g/mol. The van der Waals surface area contributed by atoms with Gasteiger partial charge in [0.05, 0.1) is 6.54 Å². The van der Waals surface area contributed by atoms with Gasteiger partial charge in [-0.25, -0.2) is 0 Å². The van der Waals surface area contributed by atoms with Crippen LogP contribution >= 0.6 is 12.2 Å². The summed E-state index contributed by atoms with van der Waals surface area (Å²) >= 11 is 5.11. The summed E-state index contributed by atoms with van der Waals surface area (Å²) in [7, 11) is 0. The van der Waals surface area contributed by atoms with Crippen molar-refractivity contribution in [3.8, 4) is 0 Å². The number of carbonyl (C=O) groups excluding carboxylic acids is 1. The van der Waals surface area contributed by atoms with Crippen molar-refractivity contribution in [3.63, 3.8) is 0 Å². The van der Waals surface area contributed by atoms with Crippen LogP contribution in [0.15, 0.2) is 24.3 Å². The minimum atomic E-state index is -0.283. The first kappa shape index (κ1) is 18.0. The number of anilines is 1. The molecule has 1 aromatic carbocycles. The van der Waals surface area contributed by atoms with Crippen molar-refractivity contribution in [2.24, 2.45) is 0 Å². The molecule has 0 radical (unpaired) electrons. The highest BCUT2D eigenvalue weighted by Crippen LogP contribution is 2.22. The smallest absolute Gasteiger partial charge is 0.269 e. The summed E-state index contributed by atoms with van der Waals surface area (Å²) in [4.78, 5) is 13.7. The lowest BCUT2D eigenvalue weighted by Crippen LogP contribution is -2.34. The number of carbonyl (C=O) groups is 1. The molecule has 0 atom stereocenters. The summed E-state index contributed by atoms with van der Waals surface area (Å²) in [5, 5.41) is 17.3. The summed E-state index contributed by atoms with van der Waals surface area (Å²) in [5.41, 5.74) is 1.74. The van der Waals surface area contributed by atoms with Gasteiger partial charge < -0.3 is 0 Å². The van der Waals surface area contributed by atoms with E-state index in [0.717, 1.165) is 12.0 Å². The van der Waals surface area contributed by atoms with Crippen LogP contribution in [-0.4, -0.2) is 31.2 Å². The van der Waals surface area contributed by atoms with Gasteiger partial charge in [0.15, 0.2) is 5.11 Å². The number of aromatic nitrogens is 4. The average Bonchev–Trinajstić information content (AvgIpc) is 2.94. The molecule has 0 aliphatic carbocycles. The molecular weight excluding hydrogens is 324 g/mol. The summed E-state index contributed by atoms with van der Waals surface area (Å²) in [6.45, 7) is 9.07. The fourth-order valence-electron chi connectivity index (χ4n) is 2.02. The van der Waals surface area contributed by atoms with E-state index in [2.05, 4.69) is 46.8 Å². The molecule has 8 heteroatoms. The van der Waals surface area contributed by atoms with Crippen molar-refractivity contribution < 1.29 is 4.79 Å². The summed E-state index contributed by atoms with van der Waals surface area (Å²) in [5.74, 6) is -0.0225. The molecule has 0 spiro atoms. The van der Waals surface area contributed by atoms with Crippen LogP contribution in [-0.2, 0) is 12.0 Å². The van der Waals surface area contributed by atoms with E-state index in [4.69, 9.17) is 12.2 Å². The van der Waals surface area contributed by atoms with Gasteiger partial charge in [-0.1, -0.05) is 44.9 Å². The Morgan fingerprint density at radius 3 is 2.50 bits per heavy atom. The first-order valence-corrected chi connectivity index (χ1v) is 8.21. The van der Waals surface area contributed by atoms with Gasteiger partial charge in [-0.15, -0.1) is 5.10 Å². The minimum absolute atomic E-state index is 0.0435. The standard InChI is InChI=1S/C16H22N6OS/c1-5-10-22-20-14(19-21-22)18-15(24)17-13(23)11-6-8-12(9-7-11)16(2,3)4/h6-9H,5,10H2,1-4H3,(H2,17,18,20,23,24). The highest BCUT2D eigenvalue weighted by Gasteiger charge is 2.15. The largest absolute Gasteiger partial charge is 0.299 e. The Labute approximate surface area is 146 Å². The van der Waals surface area contributed by atoms with Gasteiger partial charge in [0.1, 0.15) is 0 Å². The van der Waals surface area contributed by atoms with E-state index in [1.165, 1.54) is 4.80 Å². The molecule has 7 nitrogen and oxygen atoms in total. The molecule has 2 aromatic rings. The number of amides is 1. The van der Waals surface area contributed by atoms with E-state index >= 15 is 0 Å². The van der Waals surface area contributed by atoms with Gasteiger partial charge in [0.25, 0.3) is 11.9 Å². The van der Waals surface area contributed by atoms with Crippen molar-refractivity contribution >= 4 is 29.2 Å². The maximum atomic E-state index is 12.2. The maximum absolute atomic E-state index is 12.2. The highest BCUT2D eigenvalue weighted by atomic mass is 32.1. The number of benzene rings is 1. The lowest BCUT2D eigenvalue weighted by molar-refractivity contribution is 0.0977. The first-order valence-electron chi connectivity index (χ1n) is 7.80. The quantitative estimate of drug-likeness (QED) is 0.828. The topological polar surface area (TPSA) is 84.7 Å². The lowest BCUT2D eigenvalue weighted by Gasteiger charge is -2.19. The molecule has 1 heterocycles. The molecule has 0 aliphatic rings. The molecule has 128 valence electrons. The van der Waals surface area contributed by atoms with Gasteiger partial charge >= 0.3 is 0 Å². The SMILES string of the molecule is CCCn1nnc(NC(=S)NC(=O)c2ccc(C(C)(C)C)cc2)n1. The van der Waals surface area contributed by atoms with Crippen molar-refractivity contribution in [1.82, 2.24) is 25.5 Å². The van der Waals surface area contributed by atoms with Crippen molar-refractivity contribution in [3.05, 3.63) is 35.4 Å². The third-order valence-electron chi connectivity index (χ3n) is 3.34. The molecule has 24 heavy (non-hydrogen) atoms. The van der Waals surface area contributed by atoms with Crippen molar-refractivity contribution in [1.29, 1.82) is 0 Å². The summed E-state index contributed by atoms with van der Waals surface area (Å²) in [6.07, 6.45) is 0.904. The molecule has 0 saturated heterocycles. The second-order valence-electron chi connectivity index (χ2n) is 6.44. The van der Waals surface area contributed by atoms with E-state index in [1.54, 1.807) is 12.1 Å². The number of aryl methyl sites for hydroxylation is 1. The third kappa shape index (κ3) is 4.82. The van der Waals surface area contributed by atoms with E-state index in [1.807, 2.05) is 19.1 Å². The average molecular weight is 346 g/mol. The predicted molar refractivity (Wildman–Crippen MR) is 96.9 cm³/mol. The molecule has 2 N–H and O–H groups in total. The molecule has 1 amide bonds. The Hall–Kier alpha value is -2.35. The Kier molecular flexibility index (Phi) is 5.61. The van der Waals surface area contributed by atoms with Gasteiger partial charge in [-0.2, -0.15) is 4.80 Å². The third-order valence-corrected chi connectivity index (χ3v) is 3.55. The molecule has 2 rings (SSSR count). The van der Waals surface area contributed by atoms with Crippen LogP contribution in [0.4, 0.5) is 5.95 Å². The van der Waals surface area contributed by atoms with Crippen LogP contribution in [0.5, 0.6) is 0 Å². The Bertz CT molecular complexity index is 717. The molecule has 0 aliphatic heterocycles. The zero-order chi connectivity index (χ0) is 17.7. The second-order valence-corrected chi connectivity index (χ2v) is 6.85. The van der Waals surface area contributed by atoms with Crippen LogP contribution in [0, 0.1) is 0 Å². The number of hydrogen-bond donors (Lipinski definition) is 2. The summed E-state index contributed by atoms with van der Waals surface area (Å²) < 4.78 is 0. The number of nitrogens with one attached hydrogen (secondary N) is 2. The zero-order valence-corrected chi connectivity index (χ0v) is 15.1. The van der Waals surface area contributed by atoms with E-state index in [9.17, 15) is 4.79 Å². The van der Waals surface area contributed by atoms with E-state index in [0.29, 0.717) is 12.1 Å². The van der Waals surface area contributed by atoms with Crippen LogP contribution in [0.1, 0.15) is 50.0 Å². The normalized spacial score (nSPS) is 11.2. The van der Waals surface area contributed by atoms with Crippen LogP contribution in [0.25, 0.3) is 0 Å². The fraction of sp³-hybridized carbons (Fsp3) is 0.438. The molecule has 0 unspecified atom stereocenters. The van der Waals surface area contributed by atoms with Crippen LogP contribution < -0.4 is 10.6 Å².